The van der Waals surface area contributed by atoms with Crippen molar-refractivity contribution in [3.63, 3.8) is 0 Å². The minimum absolute atomic E-state index is 0.787. The molecule has 3 nitrogen and oxygen atoms in total. The molecule has 0 unspecified atom stereocenters. The first-order valence-corrected chi connectivity index (χ1v) is 5.54. The zero-order valence-corrected chi connectivity index (χ0v) is 8.69. The minimum Gasteiger partial charge on any atom is -0.399 e. The van der Waals surface area contributed by atoms with Gasteiger partial charge in [0.05, 0.1) is 5.52 Å². The molecule has 0 atom stereocenters. The number of nitrogen functional groups attached to an aromatic ring is 1. The zero-order valence-electron chi connectivity index (χ0n) is 8.69. The Morgan fingerprint density at radius 2 is 2.27 bits per heavy atom. The van der Waals surface area contributed by atoms with E-state index in [1.807, 2.05) is 22.9 Å². The Labute approximate surface area is 88.9 Å². The van der Waals surface area contributed by atoms with Gasteiger partial charge in [0.25, 0.3) is 0 Å². The summed E-state index contributed by atoms with van der Waals surface area (Å²) in [7, 11) is 0. The summed E-state index contributed by atoms with van der Waals surface area (Å²) in [5.74, 6) is 0.961. The maximum Gasteiger partial charge on any atom is 0.0943 e. The molecule has 1 aliphatic carbocycles. The van der Waals surface area contributed by atoms with Crippen LogP contribution < -0.4 is 5.73 Å². The van der Waals surface area contributed by atoms with Crippen LogP contribution in [0, 0.1) is 5.92 Å². The third-order valence-electron chi connectivity index (χ3n) is 3.04. The maximum absolute atomic E-state index is 5.72. The lowest BCUT2D eigenvalue weighted by Crippen LogP contribution is -1.98. The van der Waals surface area contributed by atoms with Crippen LogP contribution in [0.25, 0.3) is 10.9 Å². The maximum atomic E-state index is 5.72. The van der Waals surface area contributed by atoms with Crippen molar-refractivity contribution in [2.24, 2.45) is 5.92 Å². The standard InChI is InChI=1S/C12H15N3/c13-11-4-3-10-8-15(14-12(10)7-11)6-5-9-1-2-9/h3-4,7-9H,1-2,5-6,13H2. The molecule has 1 aliphatic rings. The molecule has 0 amide bonds. The van der Waals surface area contributed by atoms with Crippen LogP contribution in [0.15, 0.2) is 24.4 Å². The number of nitrogens with two attached hydrogens (primary N) is 1. The second kappa shape index (κ2) is 3.26. The molecule has 1 aromatic carbocycles. The third-order valence-corrected chi connectivity index (χ3v) is 3.04. The van der Waals surface area contributed by atoms with Gasteiger partial charge in [0.2, 0.25) is 0 Å². The topological polar surface area (TPSA) is 43.8 Å². The Hall–Kier alpha value is -1.51. The lowest BCUT2D eigenvalue weighted by molar-refractivity contribution is 0.551. The fraction of sp³-hybridized carbons (Fsp3) is 0.417. The Bertz CT molecular complexity index is 483. The smallest absolute Gasteiger partial charge is 0.0943 e. The van der Waals surface area contributed by atoms with E-state index < -0.39 is 0 Å². The van der Waals surface area contributed by atoms with Gasteiger partial charge in [-0.15, -0.1) is 0 Å². The zero-order chi connectivity index (χ0) is 10.3. The average molecular weight is 201 g/mol. The van der Waals surface area contributed by atoms with E-state index in [0.29, 0.717) is 0 Å². The van der Waals surface area contributed by atoms with Gasteiger partial charge in [0.15, 0.2) is 0 Å². The number of nitrogens with zero attached hydrogens (tertiary/aromatic N) is 2. The first-order chi connectivity index (χ1) is 7.31. The van der Waals surface area contributed by atoms with Gasteiger partial charge >= 0.3 is 0 Å². The molecular weight excluding hydrogens is 186 g/mol. The van der Waals surface area contributed by atoms with Gasteiger partial charge in [-0.1, -0.05) is 12.8 Å². The number of rotatable bonds is 3. The highest BCUT2D eigenvalue weighted by Gasteiger charge is 2.20. The van der Waals surface area contributed by atoms with E-state index >= 15 is 0 Å². The van der Waals surface area contributed by atoms with E-state index in [1.54, 1.807) is 0 Å². The van der Waals surface area contributed by atoms with Crippen molar-refractivity contribution in [3.05, 3.63) is 24.4 Å². The van der Waals surface area contributed by atoms with Crippen LogP contribution in [-0.4, -0.2) is 9.78 Å². The summed E-state index contributed by atoms with van der Waals surface area (Å²) in [6.07, 6.45) is 6.20. The third kappa shape index (κ3) is 1.82. The minimum atomic E-state index is 0.787. The van der Waals surface area contributed by atoms with Crippen LogP contribution in [0.4, 0.5) is 5.69 Å². The number of aryl methyl sites for hydroxylation is 1. The number of benzene rings is 1. The second-order valence-electron chi connectivity index (χ2n) is 4.44. The van der Waals surface area contributed by atoms with Crippen molar-refractivity contribution in [1.29, 1.82) is 0 Å². The first kappa shape index (κ1) is 8.77. The summed E-state index contributed by atoms with van der Waals surface area (Å²) in [5.41, 5.74) is 7.51. The molecule has 15 heavy (non-hydrogen) atoms. The Morgan fingerprint density at radius 1 is 1.40 bits per heavy atom. The lowest BCUT2D eigenvalue weighted by Gasteiger charge is -1.97. The van der Waals surface area contributed by atoms with Gasteiger partial charge in [-0.3, -0.25) is 4.68 Å². The molecule has 0 bridgehead atoms. The predicted octanol–water partition coefficient (Wildman–Crippen LogP) is 2.42. The molecule has 2 N–H and O–H groups in total. The normalized spacial score (nSPS) is 16.0. The van der Waals surface area contributed by atoms with E-state index in [0.717, 1.165) is 23.7 Å². The van der Waals surface area contributed by atoms with Crippen molar-refractivity contribution in [3.8, 4) is 0 Å². The number of anilines is 1. The van der Waals surface area contributed by atoms with Gasteiger partial charge in [-0.05, 0) is 30.5 Å². The Kier molecular flexibility index (Phi) is 1.91. The Balaban J connectivity index is 1.84. The van der Waals surface area contributed by atoms with Crippen molar-refractivity contribution in [2.75, 3.05) is 5.73 Å². The summed E-state index contributed by atoms with van der Waals surface area (Å²) in [5, 5.41) is 5.69. The van der Waals surface area contributed by atoms with Crippen LogP contribution in [0.5, 0.6) is 0 Å². The molecule has 0 saturated heterocycles. The fourth-order valence-corrected chi connectivity index (χ4v) is 1.92. The van der Waals surface area contributed by atoms with Gasteiger partial charge < -0.3 is 5.73 Å². The number of fused-ring (bicyclic) bond motifs is 1. The van der Waals surface area contributed by atoms with E-state index in [9.17, 15) is 0 Å². The summed E-state index contributed by atoms with van der Waals surface area (Å²) >= 11 is 0. The van der Waals surface area contributed by atoms with Crippen molar-refractivity contribution in [2.45, 2.75) is 25.8 Å². The monoisotopic (exact) mass is 201 g/mol. The van der Waals surface area contributed by atoms with E-state index in [1.165, 1.54) is 24.6 Å². The van der Waals surface area contributed by atoms with Crippen LogP contribution in [0.2, 0.25) is 0 Å². The molecule has 3 rings (SSSR count). The van der Waals surface area contributed by atoms with Gasteiger partial charge in [-0.25, -0.2) is 0 Å². The molecule has 0 spiro atoms. The quantitative estimate of drug-likeness (QED) is 0.775. The summed E-state index contributed by atoms with van der Waals surface area (Å²) in [6, 6.07) is 5.89. The number of aromatic nitrogens is 2. The molecule has 0 radical (unpaired) electrons. The highest BCUT2D eigenvalue weighted by molar-refractivity contribution is 5.81. The SMILES string of the molecule is Nc1ccc2cn(CCC3CC3)nc2c1. The predicted molar refractivity (Wildman–Crippen MR) is 61.5 cm³/mol. The average Bonchev–Trinajstić information content (AvgIpc) is 2.95. The second-order valence-corrected chi connectivity index (χ2v) is 4.44. The van der Waals surface area contributed by atoms with Gasteiger partial charge in [-0.2, -0.15) is 5.10 Å². The van der Waals surface area contributed by atoms with Gasteiger partial charge in [0.1, 0.15) is 0 Å². The molecule has 2 aromatic rings. The van der Waals surface area contributed by atoms with Crippen LogP contribution in [0.1, 0.15) is 19.3 Å². The highest BCUT2D eigenvalue weighted by atomic mass is 15.3. The highest BCUT2D eigenvalue weighted by Crippen LogP contribution is 2.32. The molecular formula is C12H15N3. The lowest BCUT2D eigenvalue weighted by atomic mass is 10.2. The van der Waals surface area contributed by atoms with Crippen LogP contribution in [-0.2, 0) is 6.54 Å². The molecule has 0 aliphatic heterocycles. The van der Waals surface area contributed by atoms with E-state index in [4.69, 9.17) is 5.73 Å². The summed E-state index contributed by atoms with van der Waals surface area (Å²) < 4.78 is 2.04. The molecule has 1 fully saturated rings. The van der Waals surface area contributed by atoms with E-state index in [-0.39, 0.29) is 0 Å². The number of hydrogen-bond donors (Lipinski definition) is 1. The molecule has 78 valence electrons. The van der Waals surface area contributed by atoms with Crippen molar-refractivity contribution in [1.82, 2.24) is 9.78 Å². The number of hydrogen-bond acceptors (Lipinski definition) is 2. The summed E-state index contributed by atoms with van der Waals surface area (Å²) in [6.45, 7) is 1.04. The van der Waals surface area contributed by atoms with Crippen LogP contribution in [0.3, 0.4) is 0 Å². The van der Waals surface area contributed by atoms with Gasteiger partial charge in [0, 0.05) is 23.8 Å². The largest absolute Gasteiger partial charge is 0.399 e. The Morgan fingerprint density at radius 3 is 3.07 bits per heavy atom. The molecule has 1 heterocycles. The first-order valence-electron chi connectivity index (χ1n) is 5.54. The molecule has 1 saturated carbocycles. The van der Waals surface area contributed by atoms with Crippen molar-refractivity contribution < 1.29 is 0 Å². The van der Waals surface area contributed by atoms with E-state index in [2.05, 4.69) is 11.3 Å². The van der Waals surface area contributed by atoms with Crippen molar-refractivity contribution >= 4 is 16.6 Å². The summed E-state index contributed by atoms with van der Waals surface area (Å²) in [4.78, 5) is 0. The molecule has 3 heteroatoms. The molecule has 1 aromatic heterocycles. The fourth-order valence-electron chi connectivity index (χ4n) is 1.92. The van der Waals surface area contributed by atoms with Crippen LogP contribution >= 0.6 is 0 Å².